The molecule has 0 fully saturated rings. The number of anilines is 1. The van der Waals surface area contributed by atoms with Gasteiger partial charge >= 0.3 is 0 Å². The third-order valence-electron chi connectivity index (χ3n) is 3.31. The van der Waals surface area contributed by atoms with Gasteiger partial charge in [-0.15, -0.1) is 11.8 Å². The summed E-state index contributed by atoms with van der Waals surface area (Å²) in [5.41, 5.74) is 3.79. The minimum Gasteiger partial charge on any atom is -0.373 e. The molecule has 0 spiro atoms. The summed E-state index contributed by atoms with van der Waals surface area (Å²) < 4.78 is 0. The van der Waals surface area contributed by atoms with E-state index in [1.165, 1.54) is 21.7 Å². The molecule has 1 N–H and O–H groups in total. The Bertz CT molecular complexity index is 629. The van der Waals surface area contributed by atoms with Crippen LogP contribution in [-0.2, 0) is 17.3 Å². The minimum absolute atomic E-state index is 0.817. The van der Waals surface area contributed by atoms with Crippen molar-refractivity contribution in [1.29, 1.82) is 0 Å². The molecule has 5 heteroatoms. The number of nitrogens with one attached hydrogen (secondary N) is 1. The maximum Gasteiger partial charge on any atom is 0.141 e. The van der Waals surface area contributed by atoms with Crippen LogP contribution in [0.1, 0.15) is 22.6 Å². The molecule has 20 heavy (non-hydrogen) atoms. The molecule has 0 aliphatic carbocycles. The van der Waals surface area contributed by atoms with Gasteiger partial charge in [0.25, 0.3) is 0 Å². The maximum atomic E-state index is 4.71. The molecule has 0 amide bonds. The van der Waals surface area contributed by atoms with Crippen LogP contribution in [0.5, 0.6) is 0 Å². The lowest BCUT2D eigenvalue weighted by atomic mass is 10.2. The van der Waals surface area contributed by atoms with Crippen molar-refractivity contribution in [3.8, 4) is 0 Å². The molecule has 1 aromatic heterocycles. The standard InChI is InChI=1S/C15H17N3S2/c1-10-5-3-4-6-13(10)20-9-14-17-12-8-19-7-11(12)15(16-2)18-14/h3-6H,7-9H2,1-2H3,(H,16,17,18). The van der Waals surface area contributed by atoms with E-state index in [4.69, 9.17) is 4.98 Å². The highest BCUT2D eigenvalue weighted by atomic mass is 32.2. The monoisotopic (exact) mass is 303 g/mol. The van der Waals surface area contributed by atoms with E-state index in [0.717, 1.165) is 28.9 Å². The summed E-state index contributed by atoms with van der Waals surface area (Å²) in [5.74, 6) is 4.77. The van der Waals surface area contributed by atoms with Crippen LogP contribution in [0.25, 0.3) is 0 Å². The second kappa shape index (κ2) is 6.06. The molecule has 0 saturated heterocycles. The van der Waals surface area contributed by atoms with Crippen LogP contribution in [0.3, 0.4) is 0 Å². The highest BCUT2D eigenvalue weighted by Gasteiger charge is 2.19. The number of aromatic nitrogens is 2. The molecule has 0 atom stereocenters. The van der Waals surface area contributed by atoms with Gasteiger partial charge in [-0.2, -0.15) is 11.8 Å². The Morgan fingerprint density at radius 1 is 1.25 bits per heavy atom. The van der Waals surface area contributed by atoms with E-state index in [-0.39, 0.29) is 0 Å². The molecule has 0 radical (unpaired) electrons. The predicted octanol–water partition coefficient (Wildman–Crippen LogP) is 3.87. The topological polar surface area (TPSA) is 37.8 Å². The van der Waals surface area contributed by atoms with Crippen molar-refractivity contribution >= 4 is 29.3 Å². The van der Waals surface area contributed by atoms with Gasteiger partial charge in [0.1, 0.15) is 11.6 Å². The molecule has 0 unspecified atom stereocenters. The molecule has 2 aromatic rings. The normalized spacial score (nSPS) is 13.3. The van der Waals surface area contributed by atoms with Crippen molar-refractivity contribution in [2.45, 2.75) is 29.1 Å². The zero-order valence-corrected chi connectivity index (χ0v) is 13.3. The number of rotatable bonds is 4. The van der Waals surface area contributed by atoms with Crippen molar-refractivity contribution < 1.29 is 0 Å². The molecule has 3 nitrogen and oxygen atoms in total. The van der Waals surface area contributed by atoms with Gasteiger partial charge in [0.2, 0.25) is 0 Å². The Morgan fingerprint density at radius 2 is 2.10 bits per heavy atom. The molecule has 1 aliphatic rings. The van der Waals surface area contributed by atoms with Gasteiger partial charge in [-0.25, -0.2) is 9.97 Å². The highest BCUT2D eigenvalue weighted by Crippen LogP contribution is 2.33. The van der Waals surface area contributed by atoms with Crippen LogP contribution in [0.4, 0.5) is 5.82 Å². The highest BCUT2D eigenvalue weighted by molar-refractivity contribution is 7.98. The van der Waals surface area contributed by atoms with Crippen molar-refractivity contribution in [1.82, 2.24) is 9.97 Å². The summed E-state index contributed by atoms with van der Waals surface area (Å²) in [5, 5.41) is 3.20. The van der Waals surface area contributed by atoms with Gasteiger partial charge in [-0.05, 0) is 18.6 Å². The number of thioether (sulfide) groups is 2. The first-order valence-electron chi connectivity index (χ1n) is 6.60. The van der Waals surface area contributed by atoms with Crippen molar-refractivity contribution in [3.63, 3.8) is 0 Å². The molecule has 1 aromatic carbocycles. The smallest absolute Gasteiger partial charge is 0.141 e. The lowest BCUT2D eigenvalue weighted by Gasteiger charge is -2.09. The Kier molecular flexibility index (Phi) is 4.17. The summed E-state index contributed by atoms with van der Waals surface area (Å²) in [6, 6.07) is 8.44. The maximum absolute atomic E-state index is 4.71. The van der Waals surface area contributed by atoms with Crippen molar-refractivity contribution in [2.75, 3.05) is 12.4 Å². The van der Waals surface area contributed by atoms with Gasteiger partial charge in [0, 0.05) is 29.0 Å². The molecule has 0 bridgehead atoms. The number of hydrogen-bond donors (Lipinski definition) is 1. The minimum atomic E-state index is 0.817. The zero-order valence-electron chi connectivity index (χ0n) is 11.6. The zero-order chi connectivity index (χ0) is 13.9. The first kappa shape index (κ1) is 13.8. The lowest BCUT2D eigenvalue weighted by molar-refractivity contribution is 0.975. The second-order valence-electron chi connectivity index (χ2n) is 4.71. The summed E-state index contributed by atoms with van der Waals surface area (Å²) in [6.45, 7) is 2.14. The van der Waals surface area contributed by atoms with E-state index in [2.05, 4.69) is 41.5 Å². The largest absolute Gasteiger partial charge is 0.373 e. The Hall–Kier alpha value is -1.20. The molecular weight excluding hydrogens is 286 g/mol. The molecule has 2 heterocycles. The summed E-state index contributed by atoms with van der Waals surface area (Å²) in [7, 11) is 1.93. The van der Waals surface area contributed by atoms with E-state index in [0.29, 0.717) is 0 Å². The SMILES string of the molecule is CNc1nc(CSc2ccccc2C)nc2c1CSC2. The quantitative estimate of drug-likeness (QED) is 0.868. The number of fused-ring (bicyclic) bond motifs is 1. The molecule has 104 valence electrons. The third-order valence-corrected chi connectivity index (χ3v) is 5.45. The van der Waals surface area contributed by atoms with E-state index in [1.54, 1.807) is 11.8 Å². The first-order valence-corrected chi connectivity index (χ1v) is 8.74. The van der Waals surface area contributed by atoms with Gasteiger partial charge in [-0.1, -0.05) is 18.2 Å². The van der Waals surface area contributed by atoms with Crippen LogP contribution in [-0.4, -0.2) is 17.0 Å². The van der Waals surface area contributed by atoms with Crippen LogP contribution in [0.2, 0.25) is 0 Å². The van der Waals surface area contributed by atoms with Crippen LogP contribution >= 0.6 is 23.5 Å². The average molecular weight is 303 g/mol. The lowest BCUT2D eigenvalue weighted by Crippen LogP contribution is -2.05. The summed E-state index contributed by atoms with van der Waals surface area (Å²) in [6.07, 6.45) is 0. The van der Waals surface area contributed by atoms with E-state index in [9.17, 15) is 0 Å². The second-order valence-corrected chi connectivity index (χ2v) is 6.71. The number of aryl methyl sites for hydroxylation is 1. The van der Waals surface area contributed by atoms with E-state index in [1.807, 2.05) is 18.8 Å². The van der Waals surface area contributed by atoms with Crippen molar-refractivity contribution in [2.24, 2.45) is 0 Å². The molecule has 1 aliphatic heterocycles. The van der Waals surface area contributed by atoms with Gasteiger partial charge < -0.3 is 5.32 Å². The number of nitrogens with zero attached hydrogens (tertiary/aromatic N) is 2. The van der Waals surface area contributed by atoms with Crippen molar-refractivity contribution in [3.05, 3.63) is 46.9 Å². The summed E-state index contributed by atoms with van der Waals surface area (Å²) >= 11 is 3.71. The summed E-state index contributed by atoms with van der Waals surface area (Å²) in [4.78, 5) is 10.7. The average Bonchev–Trinajstić information content (AvgIpc) is 2.94. The van der Waals surface area contributed by atoms with Gasteiger partial charge in [0.05, 0.1) is 11.4 Å². The first-order chi connectivity index (χ1) is 9.78. The van der Waals surface area contributed by atoms with Gasteiger partial charge in [0.15, 0.2) is 0 Å². The number of benzene rings is 1. The Balaban J connectivity index is 1.80. The fourth-order valence-electron chi connectivity index (χ4n) is 2.23. The van der Waals surface area contributed by atoms with Crippen LogP contribution in [0.15, 0.2) is 29.2 Å². The number of hydrogen-bond acceptors (Lipinski definition) is 5. The third kappa shape index (κ3) is 2.79. The van der Waals surface area contributed by atoms with Gasteiger partial charge in [-0.3, -0.25) is 0 Å². The fraction of sp³-hybridized carbons (Fsp3) is 0.333. The van der Waals surface area contributed by atoms with E-state index < -0.39 is 0 Å². The molecular formula is C15H17N3S2. The Labute approximate surface area is 128 Å². The fourth-order valence-corrected chi connectivity index (χ4v) is 4.16. The van der Waals surface area contributed by atoms with Crippen LogP contribution in [0, 0.1) is 6.92 Å². The molecule has 0 saturated carbocycles. The van der Waals surface area contributed by atoms with Crippen LogP contribution < -0.4 is 5.32 Å². The predicted molar refractivity (Wildman–Crippen MR) is 87.3 cm³/mol. The Morgan fingerprint density at radius 3 is 2.90 bits per heavy atom. The molecule has 3 rings (SSSR count). The van der Waals surface area contributed by atoms with E-state index >= 15 is 0 Å².